The topological polar surface area (TPSA) is 58.8 Å². The molecule has 0 spiro atoms. The van der Waals surface area contributed by atoms with Gasteiger partial charge in [0.1, 0.15) is 17.0 Å². The number of nitrogens with zero attached hydrogens (tertiary/aromatic N) is 1. The third kappa shape index (κ3) is 3.72. The Kier molecular flexibility index (Phi) is 4.77. The zero-order valence-electron chi connectivity index (χ0n) is 13.4. The van der Waals surface area contributed by atoms with Crippen LogP contribution in [0.25, 0.3) is 11.0 Å². The first-order valence-electron chi connectivity index (χ1n) is 7.40. The van der Waals surface area contributed by atoms with E-state index in [9.17, 15) is 0 Å². The summed E-state index contributed by atoms with van der Waals surface area (Å²) < 4.78 is 10.9. The molecule has 0 fully saturated rings. The van der Waals surface area contributed by atoms with Gasteiger partial charge in [0.2, 0.25) is 0 Å². The van der Waals surface area contributed by atoms with Gasteiger partial charge in [0.05, 0.1) is 7.11 Å². The van der Waals surface area contributed by atoms with Gasteiger partial charge >= 0.3 is 0 Å². The van der Waals surface area contributed by atoms with Crippen LogP contribution in [0, 0.1) is 0 Å². The van der Waals surface area contributed by atoms with Crippen molar-refractivity contribution in [3.63, 3.8) is 0 Å². The first kappa shape index (κ1) is 16.0. The number of para-hydroxylation sites is 1. The number of methoxy groups -OCH3 is 1. The summed E-state index contributed by atoms with van der Waals surface area (Å²) in [6.45, 7) is 1.86. The largest absolute Gasteiger partial charge is 0.497 e. The number of rotatable bonds is 4. The van der Waals surface area contributed by atoms with Gasteiger partial charge in [0, 0.05) is 17.1 Å². The fraction of sp³-hybridized carbons (Fsp3) is 0.111. The molecular weight excluding hydrogens is 322 g/mol. The van der Waals surface area contributed by atoms with Crippen LogP contribution >= 0.6 is 12.2 Å². The maximum atomic E-state index is 5.76. The lowest BCUT2D eigenvalue weighted by molar-refractivity contribution is 0.415. The van der Waals surface area contributed by atoms with Crippen LogP contribution in [0.15, 0.2) is 64.1 Å². The van der Waals surface area contributed by atoms with E-state index in [2.05, 4.69) is 15.8 Å². The van der Waals surface area contributed by atoms with Crippen molar-refractivity contribution in [2.75, 3.05) is 12.4 Å². The molecule has 0 bridgehead atoms. The Morgan fingerprint density at radius 1 is 1.12 bits per heavy atom. The normalized spacial score (nSPS) is 11.3. The van der Waals surface area contributed by atoms with E-state index in [4.69, 9.17) is 21.4 Å². The summed E-state index contributed by atoms with van der Waals surface area (Å²) in [6, 6.07) is 17.3. The molecule has 5 nitrogen and oxygen atoms in total. The second-order valence-electron chi connectivity index (χ2n) is 5.14. The van der Waals surface area contributed by atoms with Crippen molar-refractivity contribution in [1.82, 2.24) is 5.43 Å². The number of benzene rings is 2. The quantitative estimate of drug-likeness (QED) is 0.425. The van der Waals surface area contributed by atoms with Crippen LogP contribution in [-0.2, 0) is 0 Å². The van der Waals surface area contributed by atoms with Gasteiger partial charge in [-0.15, -0.1) is 0 Å². The molecule has 0 aliphatic rings. The third-order valence-corrected chi connectivity index (χ3v) is 3.63. The maximum Gasteiger partial charge on any atom is 0.191 e. The molecule has 1 aromatic heterocycles. The lowest BCUT2D eigenvalue weighted by Gasteiger charge is -2.08. The molecule has 2 aromatic carbocycles. The van der Waals surface area contributed by atoms with Gasteiger partial charge in [0.25, 0.3) is 0 Å². The molecule has 1 heterocycles. The molecule has 3 rings (SSSR count). The average molecular weight is 339 g/mol. The summed E-state index contributed by atoms with van der Waals surface area (Å²) in [7, 11) is 1.62. The highest BCUT2D eigenvalue weighted by atomic mass is 32.1. The molecule has 0 saturated heterocycles. The number of ether oxygens (including phenoxy) is 1. The Morgan fingerprint density at radius 3 is 2.75 bits per heavy atom. The minimum atomic E-state index is 0.388. The monoisotopic (exact) mass is 339 g/mol. The lowest BCUT2D eigenvalue weighted by atomic mass is 10.2. The van der Waals surface area contributed by atoms with Crippen molar-refractivity contribution >= 4 is 39.7 Å². The Hall–Kier alpha value is -2.86. The summed E-state index contributed by atoms with van der Waals surface area (Å²) in [5.74, 6) is 1.46. The van der Waals surface area contributed by atoms with Crippen molar-refractivity contribution in [2.45, 2.75) is 6.92 Å². The molecule has 2 N–H and O–H groups in total. The van der Waals surface area contributed by atoms with E-state index in [-0.39, 0.29) is 0 Å². The lowest BCUT2D eigenvalue weighted by Crippen LogP contribution is -2.24. The number of hydrazone groups is 1. The standard InChI is InChI=1S/C18H17N3O2S/c1-12(17-10-13-6-3-4-9-16(13)23-17)20-21-18(24)19-14-7-5-8-15(11-14)22-2/h3-11H,1-2H3,(H2,19,21,24). The summed E-state index contributed by atoms with van der Waals surface area (Å²) >= 11 is 5.25. The molecule has 0 atom stereocenters. The molecule has 24 heavy (non-hydrogen) atoms. The highest BCUT2D eigenvalue weighted by Crippen LogP contribution is 2.19. The first-order chi connectivity index (χ1) is 11.7. The second-order valence-corrected chi connectivity index (χ2v) is 5.55. The number of anilines is 1. The SMILES string of the molecule is COc1cccc(NC(=S)NN=C(C)c2cc3ccccc3o2)c1. The average Bonchev–Trinajstić information content (AvgIpc) is 3.04. The van der Waals surface area contributed by atoms with Crippen LogP contribution in [0.5, 0.6) is 5.75 Å². The molecule has 0 aliphatic carbocycles. The van der Waals surface area contributed by atoms with Crippen LogP contribution < -0.4 is 15.5 Å². The van der Waals surface area contributed by atoms with Crippen molar-refractivity contribution in [2.24, 2.45) is 5.10 Å². The van der Waals surface area contributed by atoms with Crippen LogP contribution in [0.2, 0.25) is 0 Å². The van der Waals surface area contributed by atoms with Crippen molar-refractivity contribution in [3.05, 3.63) is 60.4 Å². The van der Waals surface area contributed by atoms with Gasteiger partial charge in [-0.1, -0.05) is 24.3 Å². The minimum Gasteiger partial charge on any atom is -0.497 e. The Bertz CT molecular complexity index is 869. The highest BCUT2D eigenvalue weighted by Gasteiger charge is 2.06. The van der Waals surface area contributed by atoms with Gasteiger partial charge in [-0.2, -0.15) is 5.10 Å². The smallest absolute Gasteiger partial charge is 0.191 e. The minimum absolute atomic E-state index is 0.388. The van der Waals surface area contributed by atoms with E-state index < -0.39 is 0 Å². The fourth-order valence-electron chi connectivity index (χ4n) is 2.21. The van der Waals surface area contributed by atoms with Gasteiger partial charge in [-0.05, 0) is 43.4 Å². The fourth-order valence-corrected chi connectivity index (χ4v) is 2.37. The van der Waals surface area contributed by atoms with Gasteiger partial charge in [-0.3, -0.25) is 5.43 Å². The third-order valence-electron chi connectivity index (χ3n) is 3.43. The Labute approximate surface area is 145 Å². The second kappa shape index (κ2) is 7.14. The molecule has 122 valence electrons. The van der Waals surface area contributed by atoms with Crippen molar-refractivity contribution < 1.29 is 9.15 Å². The summed E-state index contributed by atoms with van der Waals surface area (Å²) in [5.41, 5.74) is 5.18. The number of nitrogens with one attached hydrogen (secondary N) is 2. The zero-order valence-corrected chi connectivity index (χ0v) is 14.2. The summed E-state index contributed by atoms with van der Waals surface area (Å²) in [4.78, 5) is 0. The van der Waals surface area contributed by atoms with Gasteiger partial charge in [-0.25, -0.2) is 0 Å². The molecule has 0 radical (unpaired) electrons. The number of furan rings is 1. The molecule has 3 aromatic rings. The number of fused-ring (bicyclic) bond motifs is 1. The number of thiocarbonyl (C=S) groups is 1. The Balaban J connectivity index is 1.66. The predicted molar refractivity (Wildman–Crippen MR) is 101 cm³/mol. The van der Waals surface area contributed by atoms with E-state index in [1.54, 1.807) is 7.11 Å². The Morgan fingerprint density at radius 2 is 1.96 bits per heavy atom. The van der Waals surface area contributed by atoms with E-state index in [1.807, 2.05) is 61.5 Å². The van der Waals surface area contributed by atoms with Gasteiger partial charge < -0.3 is 14.5 Å². The molecule has 0 saturated carbocycles. The highest BCUT2D eigenvalue weighted by molar-refractivity contribution is 7.80. The number of hydrogen-bond acceptors (Lipinski definition) is 4. The summed E-state index contributed by atoms with van der Waals surface area (Å²) in [6.07, 6.45) is 0. The molecule has 6 heteroatoms. The van der Waals surface area contributed by atoms with Crippen LogP contribution in [-0.4, -0.2) is 17.9 Å². The van der Waals surface area contributed by atoms with E-state index >= 15 is 0 Å². The van der Waals surface area contributed by atoms with Crippen molar-refractivity contribution in [3.8, 4) is 5.75 Å². The first-order valence-corrected chi connectivity index (χ1v) is 7.81. The summed E-state index contributed by atoms with van der Waals surface area (Å²) in [5, 5.41) is 8.75. The maximum absolute atomic E-state index is 5.76. The molecule has 0 aliphatic heterocycles. The van der Waals surface area contributed by atoms with Crippen LogP contribution in [0.4, 0.5) is 5.69 Å². The van der Waals surface area contributed by atoms with Crippen LogP contribution in [0.3, 0.4) is 0 Å². The van der Waals surface area contributed by atoms with Crippen LogP contribution in [0.1, 0.15) is 12.7 Å². The number of hydrogen-bond donors (Lipinski definition) is 2. The zero-order chi connectivity index (χ0) is 16.9. The van der Waals surface area contributed by atoms with E-state index in [0.29, 0.717) is 16.6 Å². The molecular formula is C18H17N3O2S. The molecule has 0 unspecified atom stereocenters. The van der Waals surface area contributed by atoms with E-state index in [1.165, 1.54) is 0 Å². The predicted octanol–water partition coefficient (Wildman–Crippen LogP) is 4.15. The van der Waals surface area contributed by atoms with E-state index in [0.717, 1.165) is 22.4 Å². The molecule has 0 amide bonds. The van der Waals surface area contributed by atoms with Gasteiger partial charge in [0.15, 0.2) is 10.9 Å². The van der Waals surface area contributed by atoms with Crippen molar-refractivity contribution in [1.29, 1.82) is 0 Å².